The zero-order valence-corrected chi connectivity index (χ0v) is 8.10. The number of carbonyl (C=O) groups is 1. The third kappa shape index (κ3) is 2.29. The van der Waals surface area contributed by atoms with Crippen molar-refractivity contribution < 1.29 is 9.90 Å². The quantitative estimate of drug-likeness (QED) is 0.777. The van der Waals surface area contributed by atoms with Crippen molar-refractivity contribution in [1.29, 1.82) is 0 Å². The maximum Gasteiger partial charge on any atom is 0.356 e. The Morgan fingerprint density at radius 3 is 3.00 bits per heavy atom. The lowest BCUT2D eigenvalue weighted by atomic mass is 10.5. The van der Waals surface area contributed by atoms with Crippen molar-refractivity contribution in [3.63, 3.8) is 0 Å². The van der Waals surface area contributed by atoms with Crippen LogP contribution in [0.2, 0.25) is 0 Å². The predicted octanol–water partition coefficient (Wildman–Crippen LogP) is 0.444. The molecule has 0 fully saturated rings. The summed E-state index contributed by atoms with van der Waals surface area (Å²) in [6.45, 7) is 0. The van der Waals surface area contributed by atoms with Crippen molar-refractivity contribution in [2.75, 3.05) is 0 Å². The van der Waals surface area contributed by atoms with E-state index in [1.807, 2.05) is 0 Å². The fraction of sp³-hybridized carbons (Fsp3) is 0. The number of carboxylic acids is 1. The number of H-pyrrole nitrogens is 1. The van der Waals surface area contributed by atoms with E-state index in [9.17, 15) is 4.79 Å². The highest BCUT2D eigenvalue weighted by Crippen LogP contribution is 2.20. The molecule has 0 spiro atoms. The standard InChI is InChI=1S/C7H5N5O2S/c13-6(14)4-1-8-2-5(11-4)15-7-9-3-10-12-7/h1-3H,(H,13,14)(H,9,10,12). The van der Waals surface area contributed by atoms with Crippen molar-refractivity contribution in [3.05, 3.63) is 24.4 Å². The van der Waals surface area contributed by atoms with E-state index in [0.29, 0.717) is 10.2 Å². The van der Waals surface area contributed by atoms with E-state index in [0.717, 1.165) is 11.8 Å². The summed E-state index contributed by atoms with van der Waals surface area (Å²) < 4.78 is 0. The Morgan fingerprint density at radius 2 is 2.33 bits per heavy atom. The van der Waals surface area contributed by atoms with Crippen LogP contribution in [0.3, 0.4) is 0 Å². The molecule has 0 bridgehead atoms. The lowest BCUT2D eigenvalue weighted by Gasteiger charge is -1.97. The largest absolute Gasteiger partial charge is 0.476 e. The molecule has 0 aromatic carbocycles. The normalized spacial score (nSPS) is 10.1. The second-order valence-electron chi connectivity index (χ2n) is 2.44. The van der Waals surface area contributed by atoms with Crippen molar-refractivity contribution in [2.24, 2.45) is 0 Å². The summed E-state index contributed by atoms with van der Waals surface area (Å²) in [7, 11) is 0. The maximum absolute atomic E-state index is 10.6. The Labute approximate surface area is 88.0 Å². The second kappa shape index (κ2) is 4.05. The first-order valence-electron chi connectivity index (χ1n) is 3.84. The molecular formula is C7H5N5O2S. The summed E-state index contributed by atoms with van der Waals surface area (Å²) in [6.07, 6.45) is 4.00. The van der Waals surface area contributed by atoms with E-state index in [1.165, 1.54) is 18.7 Å². The van der Waals surface area contributed by atoms with E-state index < -0.39 is 5.97 Å². The molecule has 2 aromatic heterocycles. The fourth-order valence-electron chi connectivity index (χ4n) is 0.843. The number of aromatic nitrogens is 5. The first-order chi connectivity index (χ1) is 7.25. The van der Waals surface area contributed by atoms with Crippen LogP contribution in [0.4, 0.5) is 0 Å². The first kappa shape index (κ1) is 9.59. The van der Waals surface area contributed by atoms with Gasteiger partial charge in [0.2, 0.25) is 0 Å². The molecule has 76 valence electrons. The summed E-state index contributed by atoms with van der Waals surface area (Å²) in [4.78, 5) is 22.1. The van der Waals surface area contributed by atoms with Crippen molar-refractivity contribution in [1.82, 2.24) is 25.1 Å². The summed E-state index contributed by atoms with van der Waals surface area (Å²) in [5.41, 5.74) is -0.0977. The van der Waals surface area contributed by atoms with Gasteiger partial charge >= 0.3 is 5.97 Å². The van der Waals surface area contributed by atoms with E-state index in [-0.39, 0.29) is 5.69 Å². The van der Waals surface area contributed by atoms with Gasteiger partial charge in [0, 0.05) is 0 Å². The maximum atomic E-state index is 10.6. The molecule has 0 aliphatic rings. The van der Waals surface area contributed by atoms with Gasteiger partial charge in [-0.05, 0) is 11.8 Å². The van der Waals surface area contributed by atoms with Crippen LogP contribution in [-0.2, 0) is 0 Å². The summed E-state index contributed by atoms with van der Waals surface area (Å²) in [6, 6.07) is 0. The topological polar surface area (TPSA) is 105 Å². The molecule has 15 heavy (non-hydrogen) atoms. The lowest BCUT2D eigenvalue weighted by Crippen LogP contribution is -2.01. The summed E-state index contributed by atoms with van der Waals surface area (Å²) in [5, 5.41) is 15.9. The summed E-state index contributed by atoms with van der Waals surface area (Å²) >= 11 is 1.16. The van der Waals surface area contributed by atoms with Gasteiger partial charge in [-0.2, -0.15) is 5.10 Å². The molecular weight excluding hydrogens is 218 g/mol. The van der Waals surface area contributed by atoms with Gasteiger partial charge in [0.1, 0.15) is 11.4 Å². The van der Waals surface area contributed by atoms with Crippen LogP contribution in [0.25, 0.3) is 0 Å². The molecule has 2 heterocycles. The molecule has 0 amide bonds. The first-order valence-corrected chi connectivity index (χ1v) is 4.66. The molecule has 7 nitrogen and oxygen atoms in total. The van der Waals surface area contributed by atoms with E-state index in [2.05, 4.69) is 25.1 Å². The summed E-state index contributed by atoms with van der Waals surface area (Å²) in [5.74, 6) is -1.11. The van der Waals surface area contributed by atoms with Crippen LogP contribution in [0.1, 0.15) is 10.5 Å². The Kier molecular flexibility index (Phi) is 2.59. The molecule has 0 saturated heterocycles. The number of nitrogens with zero attached hydrogens (tertiary/aromatic N) is 4. The van der Waals surface area contributed by atoms with Gasteiger partial charge < -0.3 is 5.11 Å². The second-order valence-corrected chi connectivity index (χ2v) is 3.45. The zero-order valence-electron chi connectivity index (χ0n) is 7.28. The number of aromatic carboxylic acids is 1. The number of aromatic amines is 1. The number of rotatable bonds is 3. The number of hydrogen-bond donors (Lipinski definition) is 2. The minimum atomic E-state index is -1.11. The zero-order chi connectivity index (χ0) is 10.7. The highest BCUT2D eigenvalue weighted by molar-refractivity contribution is 7.99. The van der Waals surface area contributed by atoms with Crippen molar-refractivity contribution in [3.8, 4) is 0 Å². The van der Waals surface area contributed by atoms with Gasteiger partial charge in [-0.1, -0.05) is 0 Å². The fourth-order valence-corrected chi connectivity index (χ4v) is 1.50. The van der Waals surface area contributed by atoms with E-state index >= 15 is 0 Å². The molecule has 2 N–H and O–H groups in total. The van der Waals surface area contributed by atoms with Gasteiger partial charge in [-0.15, -0.1) is 0 Å². The Hall–Kier alpha value is -1.96. The molecule has 0 unspecified atom stereocenters. The number of carboxylic acid groups (broad SMARTS) is 1. The molecule has 0 saturated carbocycles. The van der Waals surface area contributed by atoms with Crippen molar-refractivity contribution >= 4 is 17.7 Å². The van der Waals surface area contributed by atoms with Crippen LogP contribution in [-0.4, -0.2) is 36.2 Å². The predicted molar refractivity (Wildman–Crippen MR) is 49.5 cm³/mol. The molecule has 8 heteroatoms. The van der Waals surface area contributed by atoms with Crippen LogP contribution < -0.4 is 0 Å². The van der Waals surface area contributed by atoms with E-state index in [4.69, 9.17) is 5.11 Å². The van der Waals surface area contributed by atoms with Crippen molar-refractivity contribution in [2.45, 2.75) is 10.2 Å². The Balaban J connectivity index is 2.22. The molecule has 0 atom stereocenters. The Morgan fingerprint density at radius 1 is 1.47 bits per heavy atom. The minimum absolute atomic E-state index is 0.0977. The lowest BCUT2D eigenvalue weighted by molar-refractivity contribution is 0.0689. The minimum Gasteiger partial charge on any atom is -0.476 e. The number of nitrogens with one attached hydrogen (secondary N) is 1. The van der Waals surface area contributed by atoms with Crippen LogP contribution in [0.15, 0.2) is 28.9 Å². The molecule has 0 aliphatic heterocycles. The molecule has 2 rings (SSSR count). The van der Waals surface area contributed by atoms with Crippen LogP contribution in [0.5, 0.6) is 0 Å². The third-order valence-corrected chi connectivity index (χ3v) is 2.22. The van der Waals surface area contributed by atoms with Gasteiger partial charge in [0.05, 0.1) is 12.4 Å². The van der Waals surface area contributed by atoms with Crippen LogP contribution >= 0.6 is 11.8 Å². The monoisotopic (exact) mass is 223 g/mol. The van der Waals surface area contributed by atoms with Gasteiger partial charge in [0.25, 0.3) is 0 Å². The SMILES string of the molecule is O=C(O)c1cncc(Sc2ncn[nH]2)n1. The average molecular weight is 223 g/mol. The van der Waals surface area contributed by atoms with Gasteiger partial charge in [0.15, 0.2) is 10.9 Å². The number of hydrogen-bond acceptors (Lipinski definition) is 6. The third-order valence-electron chi connectivity index (χ3n) is 1.43. The molecule has 0 radical (unpaired) electrons. The highest BCUT2D eigenvalue weighted by Gasteiger charge is 2.07. The average Bonchev–Trinajstić information content (AvgIpc) is 2.71. The van der Waals surface area contributed by atoms with E-state index in [1.54, 1.807) is 0 Å². The molecule has 2 aromatic rings. The highest BCUT2D eigenvalue weighted by atomic mass is 32.2. The Bertz CT molecular complexity index is 472. The van der Waals surface area contributed by atoms with Gasteiger partial charge in [-0.3, -0.25) is 10.1 Å². The molecule has 0 aliphatic carbocycles. The van der Waals surface area contributed by atoms with Crippen LogP contribution in [0, 0.1) is 0 Å². The smallest absolute Gasteiger partial charge is 0.356 e. The van der Waals surface area contributed by atoms with Gasteiger partial charge in [-0.25, -0.2) is 14.8 Å².